The summed E-state index contributed by atoms with van der Waals surface area (Å²) in [7, 11) is 3.34. The smallest absolute Gasteiger partial charge is 0.220 e. The molecule has 1 aliphatic rings. The van der Waals surface area contributed by atoms with Crippen molar-refractivity contribution < 1.29 is 18.7 Å². The van der Waals surface area contributed by atoms with Crippen molar-refractivity contribution in [2.75, 3.05) is 40.4 Å². The molecule has 1 heterocycles. The summed E-state index contributed by atoms with van der Waals surface area (Å²) in [5.74, 6) is 0.217. The van der Waals surface area contributed by atoms with Crippen LogP contribution in [0.1, 0.15) is 12.8 Å². The number of nitrogens with zero attached hydrogens (tertiary/aromatic N) is 1. The van der Waals surface area contributed by atoms with E-state index in [4.69, 9.17) is 9.47 Å². The van der Waals surface area contributed by atoms with Gasteiger partial charge in [-0.15, -0.1) is 0 Å². The lowest BCUT2D eigenvalue weighted by molar-refractivity contribution is -0.122. The minimum absolute atomic E-state index is 0.0433. The Balaban J connectivity index is 1.72. The number of nitrogens with one attached hydrogen (secondary N) is 1. The van der Waals surface area contributed by atoms with E-state index in [0.29, 0.717) is 18.8 Å². The van der Waals surface area contributed by atoms with Gasteiger partial charge in [0.1, 0.15) is 0 Å². The first-order chi connectivity index (χ1) is 11.1. The van der Waals surface area contributed by atoms with Crippen LogP contribution in [0.15, 0.2) is 24.3 Å². The number of methoxy groups -OCH3 is 1. The summed E-state index contributed by atoms with van der Waals surface area (Å²) in [6.07, 6.45) is 1.37. The van der Waals surface area contributed by atoms with E-state index >= 15 is 0 Å². The van der Waals surface area contributed by atoms with Crippen molar-refractivity contribution >= 4 is 5.91 Å². The zero-order valence-electron chi connectivity index (χ0n) is 13.8. The molecule has 5 nitrogen and oxygen atoms in total. The number of carbonyl (C=O) groups excluding carboxylic acids is 1. The minimum atomic E-state index is -0.334. The van der Waals surface area contributed by atoms with Crippen LogP contribution in [0.2, 0.25) is 0 Å². The fourth-order valence-corrected chi connectivity index (χ4v) is 2.95. The third-order valence-electron chi connectivity index (χ3n) is 4.20. The summed E-state index contributed by atoms with van der Waals surface area (Å²) in [4.78, 5) is 13.8. The Hall–Kier alpha value is -1.66. The molecule has 6 heteroatoms. The van der Waals surface area contributed by atoms with Crippen LogP contribution in [0.3, 0.4) is 0 Å². The molecule has 1 fully saturated rings. The standard InChI is InChI=1S/C17H25FN2O3/c1-19-17(21)10-13-11-20(12-16(13)22-2)8-5-9-23-15-7-4-3-6-14(15)18/h3-4,6-7,13,16H,5,8-12H2,1-2H3,(H,19,21)/t13-,16+/m1/s1. The van der Waals surface area contributed by atoms with Crippen molar-refractivity contribution in [2.45, 2.75) is 18.9 Å². The van der Waals surface area contributed by atoms with Gasteiger partial charge in [0.2, 0.25) is 5.91 Å². The molecule has 0 spiro atoms. The first-order valence-corrected chi connectivity index (χ1v) is 7.97. The van der Waals surface area contributed by atoms with Crippen molar-refractivity contribution in [1.29, 1.82) is 0 Å². The Bertz CT molecular complexity index is 512. The number of carbonyl (C=O) groups is 1. The summed E-state index contributed by atoms with van der Waals surface area (Å²) in [5.41, 5.74) is 0. The molecule has 0 saturated carbocycles. The predicted octanol–water partition coefficient (Wildman–Crippen LogP) is 1.68. The van der Waals surface area contributed by atoms with Crippen LogP contribution in [0, 0.1) is 11.7 Å². The van der Waals surface area contributed by atoms with Gasteiger partial charge in [-0.1, -0.05) is 12.1 Å². The number of hydrogen-bond acceptors (Lipinski definition) is 4. The van der Waals surface area contributed by atoms with E-state index in [9.17, 15) is 9.18 Å². The van der Waals surface area contributed by atoms with E-state index in [2.05, 4.69) is 10.2 Å². The van der Waals surface area contributed by atoms with Gasteiger partial charge in [-0.05, 0) is 18.6 Å². The number of ether oxygens (including phenoxy) is 2. The number of likely N-dealkylation sites (tertiary alicyclic amines) is 1. The van der Waals surface area contributed by atoms with Gasteiger partial charge in [-0.25, -0.2) is 4.39 Å². The molecule has 2 rings (SSSR count). The van der Waals surface area contributed by atoms with E-state index in [1.165, 1.54) is 6.07 Å². The zero-order valence-corrected chi connectivity index (χ0v) is 13.8. The van der Waals surface area contributed by atoms with E-state index < -0.39 is 0 Å². The molecule has 23 heavy (non-hydrogen) atoms. The quantitative estimate of drug-likeness (QED) is 0.739. The molecule has 1 N–H and O–H groups in total. The van der Waals surface area contributed by atoms with Crippen molar-refractivity contribution in [2.24, 2.45) is 5.92 Å². The Morgan fingerprint density at radius 2 is 2.17 bits per heavy atom. The van der Waals surface area contributed by atoms with E-state index in [-0.39, 0.29) is 23.7 Å². The Morgan fingerprint density at radius 3 is 2.87 bits per heavy atom. The second-order valence-electron chi connectivity index (χ2n) is 5.80. The van der Waals surface area contributed by atoms with Gasteiger partial charge in [0.25, 0.3) is 0 Å². The Morgan fingerprint density at radius 1 is 1.39 bits per heavy atom. The minimum Gasteiger partial charge on any atom is -0.490 e. The van der Waals surface area contributed by atoms with E-state index in [1.54, 1.807) is 32.4 Å². The molecular weight excluding hydrogens is 299 g/mol. The molecule has 1 amide bonds. The fourth-order valence-electron chi connectivity index (χ4n) is 2.95. The van der Waals surface area contributed by atoms with Crippen molar-refractivity contribution in [3.63, 3.8) is 0 Å². The topological polar surface area (TPSA) is 50.8 Å². The first kappa shape index (κ1) is 17.7. The van der Waals surface area contributed by atoms with E-state index in [0.717, 1.165) is 26.1 Å². The summed E-state index contributed by atoms with van der Waals surface area (Å²) in [5, 5.41) is 2.66. The summed E-state index contributed by atoms with van der Waals surface area (Å²) in [6, 6.07) is 6.42. The number of hydrogen-bond donors (Lipinski definition) is 1. The number of amides is 1. The van der Waals surface area contributed by atoms with Crippen molar-refractivity contribution in [3.05, 3.63) is 30.1 Å². The molecule has 0 aliphatic carbocycles. The largest absolute Gasteiger partial charge is 0.490 e. The Labute approximate surface area is 136 Å². The third kappa shape index (κ3) is 5.18. The average molecular weight is 324 g/mol. The van der Waals surface area contributed by atoms with Crippen LogP contribution < -0.4 is 10.1 Å². The van der Waals surface area contributed by atoms with Crippen LogP contribution in [0.25, 0.3) is 0 Å². The lowest BCUT2D eigenvalue weighted by Crippen LogP contribution is -2.28. The van der Waals surface area contributed by atoms with Crippen molar-refractivity contribution in [1.82, 2.24) is 10.2 Å². The SMILES string of the molecule is CNC(=O)C[C@@H]1CN(CCCOc2ccccc2F)C[C@@H]1OC. The molecule has 0 unspecified atom stereocenters. The highest BCUT2D eigenvalue weighted by atomic mass is 19.1. The highest BCUT2D eigenvalue weighted by molar-refractivity contribution is 5.75. The third-order valence-corrected chi connectivity index (χ3v) is 4.20. The molecule has 1 aromatic rings. The average Bonchev–Trinajstić information content (AvgIpc) is 2.94. The molecular formula is C17H25FN2O3. The number of halogens is 1. The van der Waals surface area contributed by atoms with Crippen molar-refractivity contribution in [3.8, 4) is 5.75 Å². The number of para-hydroxylation sites is 1. The predicted molar refractivity (Wildman–Crippen MR) is 85.9 cm³/mol. The Kier molecular flexibility index (Phi) is 6.80. The first-order valence-electron chi connectivity index (χ1n) is 7.97. The number of rotatable bonds is 8. The highest BCUT2D eigenvalue weighted by Gasteiger charge is 2.33. The van der Waals surface area contributed by atoms with Gasteiger partial charge in [0.05, 0.1) is 12.7 Å². The molecule has 1 aromatic carbocycles. The van der Waals surface area contributed by atoms with Gasteiger partial charge in [-0.2, -0.15) is 0 Å². The zero-order chi connectivity index (χ0) is 16.7. The molecule has 2 atom stereocenters. The lowest BCUT2D eigenvalue weighted by atomic mass is 10.0. The maximum absolute atomic E-state index is 13.4. The molecule has 0 bridgehead atoms. The van der Waals surface area contributed by atoms with Gasteiger partial charge in [0, 0.05) is 46.1 Å². The van der Waals surface area contributed by atoms with Crippen LogP contribution in [0.5, 0.6) is 5.75 Å². The maximum Gasteiger partial charge on any atom is 0.220 e. The monoisotopic (exact) mass is 324 g/mol. The summed E-state index contributed by atoms with van der Waals surface area (Å²) >= 11 is 0. The van der Waals surface area contributed by atoms with Gasteiger partial charge in [-0.3, -0.25) is 4.79 Å². The second kappa shape index (κ2) is 8.84. The van der Waals surface area contributed by atoms with Crippen LogP contribution in [0.4, 0.5) is 4.39 Å². The molecule has 1 aliphatic heterocycles. The maximum atomic E-state index is 13.4. The van der Waals surface area contributed by atoms with Crippen LogP contribution in [-0.2, 0) is 9.53 Å². The summed E-state index contributed by atoms with van der Waals surface area (Å²) < 4.78 is 24.4. The molecule has 0 radical (unpaired) electrons. The van der Waals surface area contributed by atoms with Gasteiger partial charge >= 0.3 is 0 Å². The fraction of sp³-hybridized carbons (Fsp3) is 0.588. The molecule has 0 aromatic heterocycles. The lowest BCUT2D eigenvalue weighted by Gasteiger charge is -2.15. The van der Waals surface area contributed by atoms with E-state index in [1.807, 2.05) is 0 Å². The van der Waals surface area contributed by atoms with Crippen LogP contribution in [-0.4, -0.2) is 57.3 Å². The van der Waals surface area contributed by atoms with Crippen LogP contribution >= 0.6 is 0 Å². The number of benzene rings is 1. The van der Waals surface area contributed by atoms with Gasteiger partial charge in [0.15, 0.2) is 11.6 Å². The molecule has 1 saturated heterocycles. The normalized spacial score (nSPS) is 21.3. The highest BCUT2D eigenvalue weighted by Crippen LogP contribution is 2.23. The molecule has 128 valence electrons. The summed E-state index contributed by atoms with van der Waals surface area (Å²) in [6.45, 7) is 2.97. The van der Waals surface area contributed by atoms with Gasteiger partial charge < -0.3 is 19.7 Å². The second-order valence-corrected chi connectivity index (χ2v) is 5.80.